The summed E-state index contributed by atoms with van der Waals surface area (Å²) < 4.78 is 1.92. The number of benzene rings is 1. The number of rotatable bonds is 1. The molecule has 1 heterocycles. The zero-order chi connectivity index (χ0) is 13.4. The van der Waals surface area contributed by atoms with E-state index in [1.165, 1.54) is 16.5 Å². The first-order chi connectivity index (χ1) is 8.18. The van der Waals surface area contributed by atoms with Gasteiger partial charge in [-0.3, -0.25) is 4.68 Å². The molecule has 2 heteroatoms. The van der Waals surface area contributed by atoms with Crippen LogP contribution in [0.2, 0.25) is 0 Å². The van der Waals surface area contributed by atoms with Crippen LogP contribution < -0.4 is 0 Å². The summed E-state index contributed by atoms with van der Waals surface area (Å²) in [5.74, 6) is 0.583. The number of fused-ring (bicyclic) bond motifs is 1. The topological polar surface area (TPSA) is 17.8 Å². The maximum absolute atomic E-state index is 4.21. The molecular formula is C15H26N2. The Morgan fingerprint density at radius 2 is 1.65 bits per heavy atom. The van der Waals surface area contributed by atoms with Gasteiger partial charge in [0.25, 0.3) is 0 Å². The Kier molecular flexibility index (Phi) is 7.27. The van der Waals surface area contributed by atoms with E-state index in [1.807, 2.05) is 45.6 Å². The van der Waals surface area contributed by atoms with Gasteiger partial charge < -0.3 is 0 Å². The predicted octanol–water partition coefficient (Wildman–Crippen LogP) is 4.75. The van der Waals surface area contributed by atoms with Gasteiger partial charge >= 0.3 is 0 Å². The van der Waals surface area contributed by atoms with E-state index < -0.39 is 0 Å². The first-order valence-electron chi connectivity index (χ1n) is 6.60. The minimum atomic E-state index is 0.583. The van der Waals surface area contributed by atoms with Crippen molar-refractivity contribution in [3.05, 3.63) is 30.0 Å². The Morgan fingerprint density at radius 1 is 1.06 bits per heavy atom. The predicted molar refractivity (Wildman–Crippen MR) is 77.5 cm³/mol. The van der Waals surface area contributed by atoms with Crippen LogP contribution in [0.5, 0.6) is 0 Å². The van der Waals surface area contributed by atoms with E-state index in [0.717, 1.165) is 0 Å². The van der Waals surface area contributed by atoms with Crippen LogP contribution in [0, 0.1) is 0 Å². The van der Waals surface area contributed by atoms with Crippen molar-refractivity contribution in [3.63, 3.8) is 0 Å². The molecule has 0 fully saturated rings. The lowest BCUT2D eigenvalue weighted by molar-refractivity contribution is 0.794. The van der Waals surface area contributed by atoms with E-state index in [-0.39, 0.29) is 0 Å². The largest absolute Gasteiger partial charge is 0.268 e. The highest BCUT2D eigenvalue weighted by Gasteiger charge is 2.03. The van der Waals surface area contributed by atoms with E-state index in [1.54, 1.807) is 0 Å². The summed E-state index contributed by atoms with van der Waals surface area (Å²) in [5.41, 5.74) is 2.59. The molecule has 96 valence electrons. The molecule has 0 saturated carbocycles. The Balaban J connectivity index is 0.000000581. The average molecular weight is 234 g/mol. The van der Waals surface area contributed by atoms with Gasteiger partial charge in [0, 0.05) is 12.4 Å². The van der Waals surface area contributed by atoms with E-state index in [2.05, 4.69) is 37.1 Å². The molecule has 1 aromatic heterocycles. The van der Waals surface area contributed by atoms with Crippen molar-refractivity contribution in [1.82, 2.24) is 9.78 Å². The van der Waals surface area contributed by atoms with Crippen molar-refractivity contribution in [3.8, 4) is 0 Å². The minimum absolute atomic E-state index is 0.583. The lowest BCUT2D eigenvalue weighted by Gasteiger charge is -2.04. The van der Waals surface area contributed by atoms with Gasteiger partial charge in [0.15, 0.2) is 0 Å². The highest BCUT2D eigenvalue weighted by Crippen LogP contribution is 2.20. The third-order valence-electron chi connectivity index (χ3n) is 2.44. The maximum atomic E-state index is 4.21. The fraction of sp³-hybridized carbons (Fsp3) is 0.533. The lowest BCUT2D eigenvalue weighted by atomic mass is 10.0. The van der Waals surface area contributed by atoms with Gasteiger partial charge in [-0.15, -0.1) is 0 Å². The zero-order valence-electron chi connectivity index (χ0n) is 12.3. The van der Waals surface area contributed by atoms with Gasteiger partial charge in [-0.1, -0.05) is 53.7 Å². The molecule has 0 aliphatic rings. The smallest absolute Gasteiger partial charge is 0.0681 e. The molecule has 0 amide bonds. The number of hydrogen-bond acceptors (Lipinski definition) is 1. The van der Waals surface area contributed by atoms with Crippen LogP contribution in [0.15, 0.2) is 24.4 Å². The monoisotopic (exact) mass is 234 g/mol. The van der Waals surface area contributed by atoms with Crippen LogP contribution >= 0.6 is 0 Å². The highest BCUT2D eigenvalue weighted by atomic mass is 15.2. The molecule has 17 heavy (non-hydrogen) atoms. The van der Waals surface area contributed by atoms with Crippen molar-refractivity contribution in [1.29, 1.82) is 0 Å². The van der Waals surface area contributed by atoms with Gasteiger partial charge in [0.05, 0.1) is 11.7 Å². The molecule has 2 aromatic rings. The van der Waals surface area contributed by atoms with Crippen molar-refractivity contribution in [2.24, 2.45) is 7.05 Å². The third kappa shape index (κ3) is 3.88. The molecule has 0 atom stereocenters. The van der Waals surface area contributed by atoms with Crippen LogP contribution in [0.25, 0.3) is 10.9 Å². The van der Waals surface area contributed by atoms with E-state index >= 15 is 0 Å². The van der Waals surface area contributed by atoms with Crippen molar-refractivity contribution >= 4 is 10.9 Å². The second kappa shape index (κ2) is 7.88. The number of aryl methyl sites for hydroxylation is 1. The van der Waals surface area contributed by atoms with Gasteiger partial charge in [-0.25, -0.2) is 0 Å². The summed E-state index contributed by atoms with van der Waals surface area (Å²) >= 11 is 0. The van der Waals surface area contributed by atoms with Crippen molar-refractivity contribution in [2.45, 2.75) is 47.5 Å². The van der Waals surface area contributed by atoms with Crippen LogP contribution in [0.3, 0.4) is 0 Å². The third-order valence-corrected chi connectivity index (χ3v) is 2.44. The van der Waals surface area contributed by atoms with Gasteiger partial charge in [0.1, 0.15) is 0 Å². The second-order valence-corrected chi connectivity index (χ2v) is 3.74. The van der Waals surface area contributed by atoms with Gasteiger partial charge in [0.2, 0.25) is 0 Å². The minimum Gasteiger partial charge on any atom is -0.268 e. The number of nitrogens with zero attached hydrogens (tertiary/aromatic N) is 2. The van der Waals surface area contributed by atoms with Crippen molar-refractivity contribution < 1.29 is 0 Å². The normalized spacial score (nSPS) is 9.41. The molecule has 2 rings (SSSR count). The number of hydrogen-bond donors (Lipinski definition) is 0. The molecule has 0 unspecified atom stereocenters. The summed E-state index contributed by atoms with van der Waals surface area (Å²) in [4.78, 5) is 0. The Morgan fingerprint density at radius 3 is 2.18 bits per heavy atom. The van der Waals surface area contributed by atoms with Crippen LogP contribution in [-0.4, -0.2) is 9.78 Å². The quantitative estimate of drug-likeness (QED) is 0.696. The molecule has 2 nitrogen and oxygen atoms in total. The average Bonchev–Trinajstić information content (AvgIpc) is 2.75. The van der Waals surface area contributed by atoms with Gasteiger partial charge in [-0.2, -0.15) is 5.10 Å². The fourth-order valence-electron chi connectivity index (χ4n) is 1.52. The molecular weight excluding hydrogens is 208 g/mol. The summed E-state index contributed by atoms with van der Waals surface area (Å²) in [6.45, 7) is 12.4. The number of aromatic nitrogens is 2. The first-order valence-corrected chi connectivity index (χ1v) is 6.60. The molecule has 0 bridgehead atoms. The van der Waals surface area contributed by atoms with Gasteiger partial charge in [-0.05, 0) is 17.5 Å². The fourth-order valence-corrected chi connectivity index (χ4v) is 1.52. The molecule has 0 saturated heterocycles. The standard InChI is InChI=1S/C11H14N2.2C2H6/c1-8(2)9-4-5-10-7-12-13(3)11(10)6-9;2*1-2/h4-8H,1-3H3;2*1-2H3. The van der Waals surface area contributed by atoms with E-state index in [0.29, 0.717) is 5.92 Å². The van der Waals surface area contributed by atoms with Crippen molar-refractivity contribution in [2.75, 3.05) is 0 Å². The van der Waals surface area contributed by atoms with Crippen LogP contribution in [-0.2, 0) is 7.05 Å². The van der Waals surface area contributed by atoms with E-state index in [4.69, 9.17) is 0 Å². The molecule has 1 aromatic carbocycles. The van der Waals surface area contributed by atoms with E-state index in [9.17, 15) is 0 Å². The molecule has 0 aliphatic heterocycles. The summed E-state index contributed by atoms with van der Waals surface area (Å²) in [5, 5.41) is 5.43. The first kappa shape index (κ1) is 15.7. The molecule has 0 radical (unpaired) electrons. The lowest BCUT2D eigenvalue weighted by Crippen LogP contribution is -1.91. The molecule has 0 spiro atoms. The SMILES string of the molecule is CC.CC.CC(C)c1ccc2cnn(C)c2c1. The summed E-state index contributed by atoms with van der Waals surface area (Å²) in [7, 11) is 1.98. The van der Waals surface area contributed by atoms with Crippen LogP contribution in [0.4, 0.5) is 0 Å². The highest BCUT2D eigenvalue weighted by molar-refractivity contribution is 5.79. The van der Waals surface area contributed by atoms with Crippen LogP contribution in [0.1, 0.15) is 53.0 Å². The Bertz CT molecular complexity index is 427. The second-order valence-electron chi connectivity index (χ2n) is 3.74. The maximum Gasteiger partial charge on any atom is 0.0681 e. The summed E-state index contributed by atoms with van der Waals surface area (Å²) in [6, 6.07) is 6.53. The zero-order valence-corrected chi connectivity index (χ0v) is 12.3. The molecule has 0 N–H and O–H groups in total. The summed E-state index contributed by atoms with van der Waals surface area (Å²) in [6.07, 6.45) is 1.90. The Hall–Kier alpha value is -1.31. The molecule has 0 aliphatic carbocycles. The Labute approximate surface area is 106 Å².